The number of thioether (sulfide) groups is 1. The van der Waals surface area contributed by atoms with Crippen molar-refractivity contribution in [1.82, 2.24) is 20.6 Å². The molecule has 0 bridgehead atoms. The van der Waals surface area contributed by atoms with Crippen LogP contribution in [0.3, 0.4) is 0 Å². The molecule has 2 rings (SSSR count). The van der Waals surface area contributed by atoms with Crippen LogP contribution in [0.15, 0.2) is 35.6 Å². The molecular weight excluding hydrogens is 352 g/mol. The van der Waals surface area contributed by atoms with Crippen molar-refractivity contribution in [3.05, 3.63) is 46.7 Å². The Bertz CT molecular complexity index is 740. The average Bonchev–Trinajstić information content (AvgIpc) is 2.59. The topological polar surface area (TPSA) is 104 Å². The van der Waals surface area contributed by atoms with Crippen LogP contribution in [-0.4, -0.2) is 46.2 Å². The molecule has 1 aromatic carbocycles. The number of hydrogen-bond donors (Lipinski definition) is 3. The Morgan fingerprint density at radius 2 is 1.79 bits per heavy atom. The number of phenols is 1. The van der Waals surface area contributed by atoms with Gasteiger partial charge in [0.25, 0.3) is 11.8 Å². The zero-order chi connectivity index (χ0) is 17.5. The highest BCUT2D eigenvalue weighted by Gasteiger charge is 2.13. The maximum Gasteiger partial charge on any atom is 0.271 e. The Balaban J connectivity index is 1.82. The van der Waals surface area contributed by atoms with Gasteiger partial charge < -0.3 is 15.7 Å². The van der Waals surface area contributed by atoms with Crippen LogP contribution >= 0.6 is 23.4 Å². The number of rotatable bonds is 6. The van der Waals surface area contributed by atoms with E-state index in [1.165, 1.54) is 42.2 Å². The summed E-state index contributed by atoms with van der Waals surface area (Å²) in [7, 11) is 0. The summed E-state index contributed by atoms with van der Waals surface area (Å²) in [5.41, 5.74) is 0.517. The Labute approximate surface area is 147 Å². The molecule has 0 aliphatic carbocycles. The molecule has 7 nitrogen and oxygen atoms in total. The number of benzene rings is 1. The van der Waals surface area contributed by atoms with Gasteiger partial charge in [0.2, 0.25) is 0 Å². The number of nitrogens with one attached hydrogen (secondary N) is 2. The molecule has 0 saturated carbocycles. The Hall–Kier alpha value is -2.32. The minimum absolute atomic E-state index is 0.0881. The number of carbonyl (C=O) groups is 2. The van der Waals surface area contributed by atoms with E-state index in [4.69, 9.17) is 11.6 Å². The van der Waals surface area contributed by atoms with E-state index in [2.05, 4.69) is 20.6 Å². The molecule has 0 aliphatic heterocycles. The largest absolute Gasteiger partial charge is 0.508 e. The van der Waals surface area contributed by atoms with Gasteiger partial charge in [0.1, 0.15) is 5.75 Å². The monoisotopic (exact) mass is 366 g/mol. The predicted molar refractivity (Wildman–Crippen MR) is 91.6 cm³/mol. The third-order valence-corrected chi connectivity index (χ3v) is 3.78. The highest BCUT2D eigenvalue weighted by molar-refractivity contribution is 7.98. The summed E-state index contributed by atoms with van der Waals surface area (Å²) in [6.45, 7) is 0.459. The van der Waals surface area contributed by atoms with Crippen molar-refractivity contribution in [2.24, 2.45) is 0 Å². The molecule has 0 spiro atoms. The second-order valence-corrected chi connectivity index (χ2v) is 5.79. The summed E-state index contributed by atoms with van der Waals surface area (Å²) in [5.74, 6) is -0.643. The van der Waals surface area contributed by atoms with Crippen LogP contribution in [-0.2, 0) is 0 Å². The van der Waals surface area contributed by atoms with Crippen molar-refractivity contribution in [2.75, 3.05) is 19.3 Å². The smallest absolute Gasteiger partial charge is 0.271 e. The minimum atomic E-state index is -0.434. The van der Waals surface area contributed by atoms with Gasteiger partial charge in [-0.3, -0.25) is 9.59 Å². The molecule has 2 amide bonds. The summed E-state index contributed by atoms with van der Waals surface area (Å²) in [4.78, 5) is 31.9. The third-order valence-electron chi connectivity index (χ3n) is 2.95. The van der Waals surface area contributed by atoms with Crippen LogP contribution in [0.4, 0.5) is 0 Å². The van der Waals surface area contributed by atoms with Gasteiger partial charge in [-0.15, -0.1) is 0 Å². The van der Waals surface area contributed by atoms with Gasteiger partial charge in [0, 0.05) is 18.7 Å². The number of nitrogens with zero attached hydrogens (tertiary/aromatic N) is 2. The predicted octanol–water partition coefficient (Wildman–Crippen LogP) is 1.72. The first-order valence-electron chi connectivity index (χ1n) is 6.93. The van der Waals surface area contributed by atoms with Crippen molar-refractivity contribution in [1.29, 1.82) is 0 Å². The maximum absolute atomic E-state index is 12.1. The van der Waals surface area contributed by atoms with E-state index in [1.807, 2.05) is 0 Å². The second kappa shape index (κ2) is 8.51. The standard InChI is InChI=1S/C15H15ClN4O3S/c1-24-15-19-8-11(16)12(20-15)14(23)18-7-6-17-13(22)9-2-4-10(21)5-3-9/h2-5,8,21H,6-7H2,1H3,(H,17,22)(H,18,23). The molecule has 0 aliphatic rings. The van der Waals surface area contributed by atoms with Crippen LogP contribution < -0.4 is 10.6 Å². The van der Waals surface area contributed by atoms with Gasteiger partial charge in [-0.25, -0.2) is 9.97 Å². The van der Waals surface area contributed by atoms with Gasteiger partial charge in [0.15, 0.2) is 10.9 Å². The fourth-order valence-electron chi connectivity index (χ4n) is 1.76. The van der Waals surface area contributed by atoms with E-state index in [0.29, 0.717) is 10.7 Å². The van der Waals surface area contributed by atoms with E-state index in [-0.39, 0.29) is 35.5 Å². The zero-order valence-corrected chi connectivity index (χ0v) is 14.3. The normalized spacial score (nSPS) is 10.2. The quantitative estimate of drug-likeness (QED) is 0.408. The van der Waals surface area contributed by atoms with Crippen molar-refractivity contribution in [3.8, 4) is 5.75 Å². The van der Waals surface area contributed by atoms with Crippen molar-refractivity contribution in [3.63, 3.8) is 0 Å². The number of aromatic nitrogens is 2. The van der Waals surface area contributed by atoms with E-state index >= 15 is 0 Å². The molecule has 1 aromatic heterocycles. The highest BCUT2D eigenvalue weighted by Crippen LogP contribution is 2.16. The number of halogens is 1. The highest BCUT2D eigenvalue weighted by atomic mass is 35.5. The van der Waals surface area contributed by atoms with Crippen LogP contribution in [0.25, 0.3) is 0 Å². The maximum atomic E-state index is 12.1. The fraction of sp³-hybridized carbons (Fsp3) is 0.200. The van der Waals surface area contributed by atoms with Gasteiger partial charge in [-0.1, -0.05) is 23.4 Å². The molecule has 9 heteroatoms. The van der Waals surface area contributed by atoms with Gasteiger partial charge >= 0.3 is 0 Å². The number of aromatic hydroxyl groups is 1. The number of phenolic OH excluding ortho intramolecular Hbond substituents is 1. The molecule has 2 aromatic rings. The summed E-state index contributed by atoms with van der Waals surface area (Å²) in [6.07, 6.45) is 3.17. The summed E-state index contributed by atoms with van der Waals surface area (Å²) >= 11 is 7.22. The lowest BCUT2D eigenvalue weighted by Crippen LogP contribution is -2.35. The average molecular weight is 367 g/mol. The number of amides is 2. The first kappa shape index (κ1) is 18.0. The fourth-order valence-corrected chi connectivity index (χ4v) is 2.28. The summed E-state index contributed by atoms with van der Waals surface area (Å²) in [5, 5.41) is 15.1. The molecule has 0 unspecified atom stereocenters. The summed E-state index contributed by atoms with van der Waals surface area (Å²) in [6, 6.07) is 5.87. The van der Waals surface area contributed by atoms with E-state index < -0.39 is 5.91 Å². The zero-order valence-electron chi connectivity index (χ0n) is 12.7. The molecule has 0 radical (unpaired) electrons. The first-order valence-corrected chi connectivity index (χ1v) is 8.53. The molecule has 0 atom stereocenters. The molecule has 24 heavy (non-hydrogen) atoms. The number of hydrogen-bond acceptors (Lipinski definition) is 6. The van der Waals surface area contributed by atoms with Crippen molar-refractivity contribution in [2.45, 2.75) is 5.16 Å². The van der Waals surface area contributed by atoms with Crippen molar-refractivity contribution < 1.29 is 14.7 Å². The summed E-state index contributed by atoms with van der Waals surface area (Å²) < 4.78 is 0. The Morgan fingerprint density at radius 3 is 2.42 bits per heavy atom. The van der Waals surface area contributed by atoms with Gasteiger partial charge in [-0.2, -0.15) is 0 Å². The third kappa shape index (κ3) is 4.84. The molecule has 126 valence electrons. The van der Waals surface area contributed by atoms with Gasteiger partial charge in [0.05, 0.1) is 11.2 Å². The second-order valence-electron chi connectivity index (χ2n) is 4.61. The Morgan fingerprint density at radius 1 is 1.17 bits per heavy atom. The van der Waals surface area contributed by atoms with Crippen LogP contribution in [0.2, 0.25) is 5.02 Å². The van der Waals surface area contributed by atoms with E-state index in [9.17, 15) is 14.7 Å². The van der Waals surface area contributed by atoms with Crippen LogP contribution in [0.1, 0.15) is 20.8 Å². The molecule has 0 fully saturated rings. The van der Waals surface area contributed by atoms with Crippen molar-refractivity contribution >= 4 is 35.2 Å². The van der Waals surface area contributed by atoms with E-state index in [1.54, 1.807) is 6.26 Å². The molecule has 1 heterocycles. The lowest BCUT2D eigenvalue weighted by Gasteiger charge is -2.08. The minimum Gasteiger partial charge on any atom is -0.508 e. The number of carbonyl (C=O) groups excluding carboxylic acids is 2. The van der Waals surface area contributed by atoms with E-state index in [0.717, 1.165) is 0 Å². The molecular formula is C15H15ClN4O3S. The lowest BCUT2D eigenvalue weighted by molar-refractivity contribution is 0.0924. The molecule has 3 N–H and O–H groups in total. The SMILES string of the molecule is CSc1ncc(Cl)c(C(=O)NCCNC(=O)c2ccc(O)cc2)n1. The lowest BCUT2D eigenvalue weighted by atomic mass is 10.2. The Kier molecular flexibility index (Phi) is 6.39. The van der Waals surface area contributed by atoms with Gasteiger partial charge in [-0.05, 0) is 30.5 Å². The van der Waals surface area contributed by atoms with Crippen LogP contribution in [0, 0.1) is 0 Å². The molecule has 0 saturated heterocycles. The van der Waals surface area contributed by atoms with Crippen LogP contribution in [0.5, 0.6) is 5.75 Å². The first-order chi connectivity index (χ1) is 11.5.